The minimum Gasteiger partial charge on any atom is -0.364 e. The molecule has 0 unspecified atom stereocenters. The van der Waals surface area contributed by atoms with Crippen LogP contribution in [0.2, 0.25) is 0 Å². The van der Waals surface area contributed by atoms with Gasteiger partial charge < -0.3 is 5.73 Å². The van der Waals surface area contributed by atoms with Crippen LogP contribution in [0.15, 0.2) is 0 Å². The molecule has 0 rings (SSSR count). The van der Waals surface area contributed by atoms with Crippen LogP contribution in [0.3, 0.4) is 0 Å². The number of hydrogen-bond acceptors (Lipinski definition) is 1. The molecule has 2 nitrogen and oxygen atoms in total. The van der Waals surface area contributed by atoms with Crippen molar-refractivity contribution < 1.29 is 22.4 Å². The van der Waals surface area contributed by atoms with E-state index < -0.39 is 17.2 Å². The molecule has 0 spiro atoms. The van der Waals surface area contributed by atoms with Crippen molar-refractivity contribution >= 4 is 17.5 Å². The van der Waals surface area contributed by atoms with E-state index in [0.29, 0.717) is 0 Å². The Morgan fingerprint density at radius 3 is 1.60 bits per heavy atom. The lowest BCUT2D eigenvalue weighted by Crippen LogP contribution is -2.47. The van der Waals surface area contributed by atoms with E-state index in [4.69, 9.17) is 0 Å². The lowest BCUT2D eigenvalue weighted by molar-refractivity contribution is -0.177. The molecule has 0 aliphatic heterocycles. The zero-order valence-electron chi connectivity index (χ0n) is 4.38. The molecule has 10 heavy (non-hydrogen) atoms. The van der Waals surface area contributed by atoms with Crippen LogP contribution in [0, 0.1) is 0 Å². The first-order valence-electron chi connectivity index (χ1n) is 1.94. The maximum Gasteiger partial charge on any atom is 0.400 e. The van der Waals surface area contributed by atoms with E-state index in [1.807, 2.05) is 0 Å². The average Bonchev–Trinajstić information content (AvgIpc) is 1.62. The molecule has 0 saturated carbocycles. The zero-order chi connectivity index (χ0) is 8.58. The van der Waals surface area contributed by atoms with Crippen LogP contribution in [-0.2, 0) is 4.79 Å². The van der Waals surface area contributed by atoms with Crippen molar-refractivity contribution in [3.8, 4) is 0 Å². The molecule has 0 bridgehead atoms. The summed E-state index contributed by atoms with van der Waals surface area (Å²) >= 11 is 3.84. The number of halogens is 5. The van der Waals surface area contributed by atoms with E-state index in [2.05, 4.69) is 17.3 Å². The fourth-order valence-corrected chi connectivity index (χ4v) is 0.233. The van der Waals surface area contributed by atoms with E-state index in [9.17, 15) is 22.4 Å². The third-order valence-electron chi connectivity index (χ3n) is 0.665. The zero-order valence-corrected chi connectivity index (χ0v) is 5.13. The second kappa shape index (κ2) is 2.26. The van der Waals surface area contributed by atoms with Gasteiger partial charge in [0.15, 0.2) is 0 Å². The van der Waals surface area contributed by atoms with Crippen molar-refractivity contribution in [2.24, 2.45) is 5.73 Å². The van der Waals surface area contributed by atoms with Crippen molar-refractivity contribution in [2.75, 3.05) is 0 Å². The number of carbonyl (C=O) groups is 1. The number of nitrogens with two attached hydrogens (primary N) is 1. The lowest BCUT2D eigenvalue weighted by atomic mass is 10.3. The molecule has 0 saturated heterocycles. The van der Waals surface area contributed by atoms with E-state index in [1.165, 1.54) is 0 Å². The van der Waals surface area contributed by atoms with E-state index in [0.717, 1.165) is 0 Å². The molecule has 0 aliphatic carbocycles. The maximum atomic E-state index is 11.7. The van der Waals surface area contributed by atoms with Crippen LogP contribution < -0.4 is 5.73 Å². The van der Waals surface area contributed by atoms with Gasteiger partial charge in [0.05, 0.1) is 0 Å². The standard InChI is InChI=1S/C3H2ClF4NO/c4-3(7,8)2(5,6)1(9)10/h(H2,9,10). The monoisotopic (exact) mass is 179 g/mol. The van der Waals surface area contributed by atoms with Gasteiger partial charge in [-0.15, -0.1) is 0 Å². The fourth-order valence-electron chi connectivity index (χ4n) is 0.140. The number of amides is 1. The van der Waals surface area contributed by atoms with Crippen LogP contribution in [0.25, 0.3) is 0 Å². The Balaban J connectivity index is 4.57. The van der Waals surface area contributed by atoms with Crippen molar-refractivity contribution in [1.82, 2.24) is 0 Å². The highest BCUT2D eigenvalue weighted by molar-refractivity contribution is 6.24. The van der Waals surface area contributed by atoms with Crippen LogP contribution in [0.4, 0.5) is 17.6 Å². The second-order valence-corrected chi connectivity index (χ2v) is 1.91. The van der Waals surface area contributed by atoms with Crippen LogP contribution >= 0.6 is 11.6 Å². The molecular weight excluding hydrogens is 177 g/mol. The minimum absolute atomic E-state index is 2.45. The van der Waals surface area contributed by atoms with Gasteiger partial charge in [-0.25, -0.2) is 0 Å². The minimum atomic E-state index is -4.99. The molecule has 0 fully saturated rings. The summed E-state index contributed by atoms with van der Waals surface area (Å²) in [6.45, 7) is 0. The summed E-state index contributed by atoms with van der Waals surface area (Å²) in [5.74, 6) is -7.44. The summed E-state index contributed by atoms with van der Waals surface area (Å²) in [6.07, 6.45) is 0. The highest BCUT2D eigenvalue weighted by Gasteiger charge is 2.60. The Morgan fingerprint density at radius 2 is 1.60 bits per heavy atom. The largest absolute Gasteiger partial charge is 0.400 e. The first kappa shape index (κ1) is 9.48. The van der Waals surface area contributed by atoms with Gasteiger partial charge in [-0.3, -0.25) is 4.79 Å². The summed E-state index contributed by atoms with van der Waals surface area (Å²) in [7, 11) is 0. The lowest BCUT2D eigenvalue weighted by Gasteiger charge is -2.16. The quantitative estimate of drug-likeness (QED) is 0.498. The third kappa shape index (κ3) is 1.50. The molecule has 0 aromatic carbocycles. The van der Waals surface area contributed by atoms with Gasteiger partial charge in [0.1, 0.15) is 0 Å². The second-order valence-electron chi connectivity index (χ2n) is 1.44. The smallest absolute Gasteiger partial charge is 0.364 e. The van der Waals surface area contributed by atoms with Crippen molar-refractivity contribution in [3.05, 3.63) is 0 Å². The molecule has 7 heteroatoms. The number of carbonyl (C=O) groups excluding carboxylic acids is 1. The maximum absolute atomic E-state index is 11.7. The van der Waals surface area contributed by atoms with Gasteiger partial charge in [0, 0.05) is 0 Å². The summed E-state index contributed by atoms with van der Waals surface area (Å²) < 4.78 is 46.3. The normalized spacial score (nSPS) is 13.3. The predicted octanol–water partition coefficient (Wildman–Crippen LogP) is 0.939. The topological polar surface area (TPSA) is 43.1 Å². The van der Waals surface area contributed by atoms with Gasteiger partial charge >= 0.3 is 11.3 Å². The summed E-state index contributed by atoms with van der Waals surface area (Å²) in [5.41, 5.74) is 3.90. The van der Waals surface area contributed by atoms with E-state index >= 15 is 0 Å². The van der Waals surface area contributed by atoms with Crippen molar-refractivity contribution in [1.29, 1.82) is 0 Å². The van der Waals surface area contributed by atoms with Crippen LogP contribution in [0.5, 0.6) is 0 Å². The van der Waals surface area contributed by atoms with E-state index in [1.54, 1.807) is 0 Å². The predicted molar refractivity (Wildman–Crippen MR) is 24.9 cm³/mol. The van der Waals surface area contributed by atoms with Gasteiger partial charge in [0.2, 0.25) is 0 Å². The summed E-state index contributed by atoms with van der Waals surface area (Å²) in [5, 5.41) is -4.92. The highest BCUT2D eigenvalue weighted by atomic mass is 35.5. The molecule has 1 amide bonds. The Kier molecular flexibility index (Phi) is 2.15. The number of rotatable bonds is 2. The van der Waals surface area contributed by atoms with Gasteiger partial charge in [0.25, 0.3) is 5.91 Å². The molecule has 0 aromatic rings. The van der Waals surface area contributed by atoms with Gasteiger partial charge in [-0.05, 0) is 11.6 Å². The fraction of sp³-hybridized carbons (Fsp3) is 0.667. The summed E-state index contributed by atoms with van der Waals surface area (Å²) in [4.78, 5) is 9.58. The van der Waals surface area contributed by atoms with Crippen LogP contribution in [0.1, 0.15) is 0 Å². The average molecular weight is 180 g/mol. The van der Waals surface area contributed by atoms with Crippen molar-refractivity contribution in [2.45, 2.75) is 11.3 Å². The molecule has 0 radical (unpaired) electrons. The molecule has 0 atom stereocenters. The third-order valence-corrected chi connectivity index (χ3v) is 0.903. The van der Waals surface area contributed by atoms with Gasteiger partial charge in [-0.1, -0.05) is 0 Å². The first-order valence-corrected chi connectivity index (χ1v) is 2.32. The van der Waals surface area contributed by atoms with Crippen LogP contribution in [-0.4, -0.2) is 17.2 Å². The molecular formula is C3H2ClF4NO. The molecule has 0 aliphatic rings. The number of primary amides is 1. The Morgan fingerprint density at radius 1 is 1.30 bits per heavy atom. The first-order chi connectivity index (χ1) is 4.19. The van der Waals surface area contributed by atoms with E-state index in [-0.39, 0.29) is 0 Å². The Bertz CT molecular complexity index is 153. The molecule has 60 valence electrons. The molecule has 0 heterocycles. The van der Waals surface area contributed by atoms with Gasteiger partial charge in [-0.2, -0.15) is 17.6 Å². The molecule has 0 aromatic heterocycles. The molecule has 2 N–H and O–H groups in total. The summed E-state index contributed by atoms with van der Waals surface area (Å²) in [6, 6.07) is 0. The Hall–Kier alpha value is -0.520. The number of alkyl halides is 5. The number of hydrogen-bond donors (Lipinski definition) is 1. The SMILES string of the molecule is NC(=O)C(F)(F)C(F)(F)Cl. The Labute approximate surface area is 57.9 Å². The highest BCUT2D eigenvalue weighted by Crippen LogP contribution is 2.36. The van der Waals surface area contributed by atoms with Crippen molar-refractivity contribution in [3.63, 3.8) is 0 Å².